The average Bonchev–Trinajstić information content (AvgIpc) is 2.44. The number of hydrogen-bond acceptors (Lipinski definition) is 4. The van der Waals surface area contributed by atoms with Crippen LogP contribution in [0.4, 0.5) is 0 Å². The Balaban J connectivity index is -0.0000000376. The molecule has 0 spiro atoms. The van der Waals surface area contributed by atoms with Gasteiger partial charge in [0.1, 0.15) is 0 Å². The molecular weight excluding hydrogens is 605 g/mol. The predicted octanol–water partition coefficient (Wildman–Crippen LogP) is 2.46. The van der Waals surface area contributed by atoms with E-state index >= 15 is 0 Å². The van der Waals surface area contributed by atoms with E-state index in [2.05, 4.69) is 76.7 Å². The molecule has 6 heteroatoms. The average molecular weight is 650 g/mol. The molecule has 4 N–H and O–H groups in total. The van der Waals surface area contributed by atoms with Gasteiger partial charge in [-0.05, 0) is 52.4 Å². The van der Waals surface area contributed by atoms with E-state index in [1.807, 2.05) is 0 Å². The minimum Gasteiger partial charge on any atom is -0.317 e. The Morgan fingerprint density at radius 3 is 0.409 bits per heavy atom. The van der Waals surface area contributed by atoms with Gasteiger partial charge in [-0.15, -0.1) is 0 Å². The standard InChI is InChI=1S/4C4H11N.2Hf/c4*1-3-5-4-2;;/h4*5H,3-4H2,1-2H3;;. The van der Waals surface area contributed by atoms with Crippen LogP contribution in [-0.2, 0) is 51.7 Å². The van der Waals surface area contributed by atoms with E-state index in [1.54, 1.807) is 0 Å². The molecular formula is C16H44Hf2N4. The van der Waals surface area contributed by atoms with Crippen LogP contribution < -0.4 is 21.3 Å². The van der Waals surface area contributed by atoms with Gasteiger partial charge < -0.3 is 21.3 Å². The van der Waals surface area contributed by atoms with Crippen molar-refractivity contribution in [1.29, 1.82) is 0 Å². The van der Waals surface area contributed by atoms with Crippen LogP contribution in [0.15, 0.2) is 0 Å². The van der Waals surface area contributed by atoms with Gasteiger partial charge in [0, 0.05) is 51.7 Å². The van der Waals surface area contributed by atoms with Crippen molar-refractivity contribution in [2.75, 3.05) is 52.4 Å². The third-order valence-electron chi connectivity index (χ3n) is 2.00. The van der Waals surface area contributed by atoms with Crippen LogP contribution in [0.1, 0.15) is 55.4 Å². The third kappa shape index (κ3) is 99.6. The fourth-order valence-corrected chi connectivity index (χ4v) is 1.000. The van der Waals surface area contributed by atoms with Gasteiger partial charge in [0.15, 0.2) is 0 Å². The summed E-state index contributed by atoms with van der Waals surface area (Å²) in [6, 6.07) is 0. The monoisotopic (exact) mass is 652 g/mol. The zero-order chi connectivity index (χ0) is 16.5. The fraction of sp³-hybridized carbons (Fsp3) is 1.00. The summed E-state index contributed by atoms with van der Waals surface area (Å²) in [5.41, 5.74) is 0. The molecule has 0 amide bonds. The van der Waals surface area contributed by atoms with Crippen molar-refractivity contribution >= 4 is 0 Å². The maximum atomic E-state index is 3.11. The summed E-state index contributed by atoms with van der Waals surface area (Å²) in [4.78, 5) is 0. The SMILES string of the molecule is CCNCC.CCNCC.CCNCC.CCNCC.[Hf].[Hf]. The van der Waals surface area contributed by atoms with E-state index in [0.717, 1.165) is 52.4 Å². The summed E-state index contributed by atoms with van der Waals surface area (Å²) in [6.07, 6.45) is 0. The van der Waals surface area contributed by atoms with Gasteiger partial charge in [0.2, 0.25) is 0 Å². The molecule has 0 atom stereocenters. The van der Waals surface area contributed by atoms with Crippen molar-refractivity contribution in [3.63, 3.8) is 0 Å². The van der Waals surface area contributed by atoms with E-state index in [1.165, 1.54) is 0 Å². The third-order valence-corrected chi connectivity index (χ3v) is 2.00. The van der Waals surface area contributed by atoms with Crippen LogP contribution in [0.2, 0.25) is 0 Å². The van der Waals surface area contributed by atoms with Gasteiger partial charge in [-0.25, -0.2) is 0 Å². The van der Waals surface area contributed by atoms with Crippen molar-refractivity contribution in [1.82, 2.24) is 21.3 Å². The molecule has 0 bridgehead atoms. The molecule has 0 saturated heterocycles. The van der Waals surface area contributed by atoms with Crippen molar-refractivity contribution in [3.05, 3.63) is 0 Å². The number of nitrogens with one attached hydrogen (secondary N) is 4. The molecule has 136 valence electrons. The van der Waals surface area contributed by atoms with Gasteiger partial charge in [-0.1, -0.05) is 55.4 Å². The van der Waals surface area contributed by atoms with Crippen LogP contribution in [0.25, 0.3) is 0 Å². The molecule has 0 aromatic carbocycles. The Labute approximate surface area is 179 Å². The topological polar surface area (TPSA) is 48.1 Å². The van der Waals surface area contributed by atoms with Gasteiger partial charge in [0.05, 0.1) is 0 Å². The Morgan fingerprint density at radius 1 is 0.318 bits per heavy atom. The molecule has 22 heavy (non-hydrogen) atoms. The smallest absolute Gasteiger partial charge is 0 e. The van der Waals surface area contributed by atoms with Crippen molar-refractivity contribution in [2.24, 2.45) is 0 Å². The Bertz CT molecular complexity index is 78.1. The fourth-order valence-electron chi connectivity index (χ4n) is 1.000. The summed E-state index contributed by atoms with van der Waals surface area (Å²) >= 11 is 0. The van der Waals surface area contributed by atoms with Gasteiger partial charge >= 0.3 is 0 Å². The first-order valence-corrected chi connectivity index (χ1v) is 8.49. The maximum Gasteiger partial charge on any atom is 0 e. The van der Waals surface area contributed by atoms with Gasteiger partial charge in [0.25, 0.3) is 0 Å². The zero-order valence-corrected chi connectivity index (χ0v) is 23.8. The Kier molecular flexibility index (Phi) is 101. The molecule has 0 aromatic rings. The first kappa shape index (κ1) is 38.9. The van der Waals surface area contributed by atoms with E-state index in [-0.39, 0.29) is 51.7 Å². The summed E-state index contributed by atoms with van der Waals surface area (Å²) in [6.45, 7) is 25.6. The minimum absolute atomic E-state index is 0. The molecule has 0 fully saturated rings. The van der Waals surface area contributed by atoms with Crippen LogP contribution in [-0.4, -0.2) is 52.4 Å². The van der Waals surface area contributed by atoms with Gasteiger partial charge in [-0.2, -0.15) is 0 Å². The van der Waals surface area contributed by atoms with Crippen molar-refractivity contribution < 1.29 is 51.7 Å². The minimum atomic E-state index is 0. The van der Waals surface area contributed by atoms with E-state index in [9.17, 15) is 0 Å². The Morgan fingerprint density at radius 2 is 0.409 bits per heavy atom. The van der Waals surface area contributed by atoms with E-state index < -0.39 is 0 Å². The number of rotatable bonds is 8. The first-order chi connectivity index (χ1) is 9.66. The molecule has 0 heterocycles. The van der Waals surface area contributed by atoms with Crippen LogP contribution in [0.5, 0.6) is 0 Å². The van der Waals surface area contributed by atoms with Crippen LogP contribution >= 0.6 is 0 Å². The van der Waals surface area contributed by atoms with Crippen LogP contribution in [0, 0.1) is 0 Å². The zero-order valence-electron chi connectivity index (χ0n) is 16.7. The molecule has 0 aliphatic carbocycles. The van der Waals surface area contributed by atoms with E-state index in [0.29, 0.717) is 0 Å². The number of hydrogen-bond donors (Lipinski definition) is 4. The predicted molar refractivity (Wildman–Crippen MR) is 96.9 cm³/mol. The summed E-state index contributed by atoms with van der Waals surface area (Å²) < 4.78 is 0. The van der Waals surface area contributed by atoms with E-state index in [4.69, 9.17) is 0 Å². The first-order valence-electron chi connectivity index (χ1n) is 8.49. The summed E-state index contributed by atoms with van der Waals surface area (Å²) in [7, 11) is 0. The molecule has 0 unspecified atom stereocenters. The van der Waals surface area contributed by atoms with Gasteiger partial charge in [-0.3, -0.25) is 0 Å². The second-order valence-corrected chi connectivity index (χ2v) is 3.83. The summed E-state index contributed by atoms with van der Waals surface area (Å²) in [5.74, 6) is 0. The Hall–Kier alpha value is 1.58. The molecule has 0 aromatic heterocycles. The quantitative estimate of drug-likeness (QED) is 0.306. The maximum absolute atomic E-state index is 3.11. The van der Waals surface area contributed by atoms with Crippen molar-refractivity contribution in [2.45, 2.75) is 55.4 Å². The normalized spacial score (nSPS) is 7.64. The van der Waals surface area contributed by atoms with Crippen molar-refractivity contribution in [3.8, 4) is 0 Å². The van der Waals surface area contributed by atoms with Crippen LogP contribution in [0.3, 0.4) is 0 Å². The molecule has 0 aliphatic rings. The molecule has 0 radical (unpaired) electrons. The molecule has 0 saturated carbocycles. The molecule has 0 aliphatic heterocycles. The second-order valence-electron chi connectivity index (χ2n) is 3.83. The largest absolute Gasteiger partial charge is 0.317 e. The molecule has 0 rings (SSSR count). The molecule has 4 nitrogen and oxygen atoms in total. The summed E-state index contributed by atoms with van der Waals surface area (Å²) in [5, 5.41) is 12.4. The second kappa shape index (κ2) is 57.0.